The van der Waals surface area contributed by atoms with E-state index in [2.05, 4.69) is 31.1 Å². The predicted molar refractivity (Wildman–Crippen MR) is 64.8 cm³/mol. The van der Waals surface area contributed by atoms with Gasteiger partial charge in [0.05, 0.1) is 7.11 Å². The lowest BCUT2D eigenvalue weighted by Gasteiger charge is -2.24. The van der Waals surface area contributed by atoms with Crippen LogP contribution < -0.4 is 4.74 Å². The molecule has 0 heterocycles. The van der Waals surface area contributed by atoms with Gasteiger partial charge in [0.2, 0.25) is 0 Å². The van der Waals surface area contributed by atoms with Gasteiger partial charge in [-0.2, -0.15) is 0 Å². The number of rotatable bonds is 5. The van der Waals surface area contributed by atoms with Crippen molar-refractivity contribution in [2.75, 3.05) is 27.1 Å². The van der Waals surface area contributed by atoms with E-state index in [1.807, 2.05) is 12.1 Å². The van der Waals surface area contributed by atoms with Crippen LogP contribution >= 0.6 is 11.6 Å². The van der Waals surface area contributed by atoms with Crippen molar-refractivity contribution >= 4 is 11.6 Å². The van der Waals surface area contributed by atoms with Crippen molar-refractivity contribution in [3.63, 3.8) is 0 Å². The molecule has 1 aromatic rings. The van der Waals surface area contributed by atoms with E-state index in [1.54, 1.807) is 7.11 Å². The molecule has 1 rings (SSSR count). The molecule has 0 amide bonds. The Bertz CT molecular complexity index is 284. The van der Waals surface area contributed by atoms with E-state index in [0.717, 1.165) is 12.2 Å². The molecule has 0 saturated heterocycles. The average Bonchev–Trinajstić information content (AvgIpc) is 2.26. The lowest BCUT2D eigenvalue weighted by atomic mass is 10.0. The number of hydrogen-bond acceptors (Lipinski definition) is 2. The molecule has 84 valence electrons. The second kappa shape index (κ2) is 5.99. The first-order chi connectivity index (χ1) is 7.19. The fourth-order valence-electron chi connectivity index (χ4n) is 1.65. The fraction of sp³-hybridized carbons (Fsp3) is 0.500. The highest BCUT2D eigenvalue weighted by atomic mass is 35.5. The molecule has 0 aliphatic carbocycles. The average molecular weight is 228 g/mol. The van der Waals surface area contributed by atoms with Gasteiger partial charge in [0.15, 0.2) is 0 Å². The van der Waals surface area contributed by atoms with Gasteiger partial charge in [-0.3, -0.25) is 0 Å². The van der Waals surface area contributed by atoms with E-state index in [-0.39, 0.29) is 0 Å². The van der Waals surface area contributed by atoms with Crippen molar-refractivity contribution in [2.24, 2.45) is 0 Å². The van der Waals surface area contributed by atoms with Crippen LogP contribution in [0.15, 0.2) is 24.3 Å². The normalized spacial score (nSPS) is 12.9. The minimum Gasteiger partial charge on any atom is -0.497 e. The minimum atomic E-state index is 0.383. The first-order valence-electron chi connectivity index (χ1n) is 5.05. The maximum atomic E-state index is 5.80. The van der Waals surface area contributed by atoms with Crippen molar-refractivity contribution in [3.05, 3.63) is 29.8 Å². The van der Waals surface area contributed by atoms with Crippen LogP contribution in [0.3, 0.4) is 0 Å². The third-order valence-electron chi connectivity index (χ3n) is 2.51. The van der Waals surface area contributed by atoms with Crippen molar-refractivity contribution < 1.29 is 4.74 Å². The summed E-state index contributed by atoms with van der Waals surface area (Å²) in [6.45, 7) is 0. The van der Waals surface area contributed by atoms with Gasteiger partial charge in [-0.25, -0.2) is 0 Å². The van der Waals surface area contributed by atoms with Crippen molar-refractivity contribution in [2.45, 2.75) is 12.5 Å². The van der Waals surface area contributed by atoms with Crippen LogP contribution in [0.4, 0.5) is 0 Å². The third-order valence-corrected chi connectivity index (χ3v) is 2.72. The second-order valence-electron chi connectivity index (χ2n) is 3.73. The number of nitrogens with zero attached hydrogens (tertiary/aromatic N) is 1. The molecule has 3 heteroatoms. The first kappa shape index (κ1) is 12.3. The predicted octanol–water partition coefficient (Wildman–Crippen LogP) is 2.93. The van der Waals surface area contributed by atoms with E-state index in [4.69, 9.17) is 16.3 Å². The molecule has 0 fully saturated rings. The van der Waals surface area contributed by atoms with E-state index in [0.29, 0.717) is 11.9 Å². The molecular formula is C12H18ClNO. The maximum Gasteiger partial charge on any atom is 0.118 e. The summed E-state index contributed by atoms with van der Waals surface area (Å²) in [5.41, 5.74) is 1.28. The standard InChI is InChI=1S/C12H18ClNO/c1-14(2)12(8-9-13)10-4-6-11(15-3)7-5-10/h4-7,12H,8-9H2,1-3H3. The highest BCUT2D eigenvalue weighted by molar-refractivity contribution is 6.17. The monoisotopic (exact) mass is 227 g/mol. The van der Waals surface area contributed by atoms with E-state index >= 15 is 0 Å². The Hall–Kier alpha value is -0.730. The molecule has 1 atom stereocenters. The Kier molecular flexibility index (Phi) is 4.92. The maximum absolute atomic E-state index is 5.80. The molecule has 0 bridgehead atoms. The van der Waals surface area contributed by atoms with E-state index in [1.165, 1.54) is 5.56 Å². The van der Waals surface area contributed by atoms with Gasteiger partial charge in [-0.05, 0) is 38.2 Å². The molecule has 0 spiro atoms. The Balaban J connectivity index is 2.81. The molecule has 1 aromatic carbocycles. The Labute approximate surface area is 96.8 Å². The summed E-state index contributed by atoms with van der Waals surface area (Å²) in [4.78, 5) is 2.18. The molecule has 2 nitrogen and oxygen atoms in total. The van der Waals surface area contributed by atoms with Crippen LogP contribution in [0, 0.1) is 0 Å². The van der Waals surface area contributed by atoms with Crippen molar-refractivity contribution in [3.8, 4) is 5.75 Å². The zero-order chi connectivity index (χ0) is 11.3. The topological polar surface area (TPSA) is 12.5 Å². The summed E-state index contributed by atoms with van der Waals surface area (Å²) in [5, 5.41) is 0. The minimum absolute atomic E-state index is 0.383. The number of ether oxygens (including phenoxy) is 1. The lowest BCUT2D eigenvalue weighted by molar-refractivity contribution is 0.293. The zero-order valence-electron chi connectivity index (χ0n) is 9.53. The molecule has 0 saturated carbocycles. The Morgan fingerprint density at radius 1 is 1.27 bits per heavy atom. The SMILES string of the molecule is COc1ccc(C(CCCl)N(C)C)cc1. The molecule has 15 heavy (non-hydrogen) atoms. The molecular weight excluding hydrogens is 210 g/mol. The summed E-state index contributed by atoms with van der Waals surface area (Å²) >= 11 is 5.80. The quantitative estimate of drug-likeness (QED) is 0.718. The summed E-state index contributed by atoms with van der Waals surface area (Å²) < 4.78 is 5.13. The van der Waals surface area contributed by atoms with Gasteiger partial charge >= 0.3 is 0 Å². The summed E-state index contributed by atoms with van der Waals surface area (Å²) in [6, 6.07) is 8.54. The summed E-state index contributed by atoms with van der Waals surface area (Å²) in [5.74, 6) is 1.57. The molecule has 1 unspecified atom stereocenters. The highest BCUT2D eigenvalue weighted by Crippen LogP contribution is 2.24. The first-order valence-corrected chi connectivity index (χ1v) is 5.59. The van der Waals surface area contributed by atoms with Gasteiger partial charge in [0, 0.05) is 11.9 Å². The fourth-order valence-corrected chi connectivity index (χ4v) is 1.86. The molecule has 0 aliphatic rings. The number of hydrogen-bond donors (Lipinski definition) is 0. The van der Waals surface area contributed by atoms with Gasteiger partial charge in [-0.15, -0.1) is 11.6 Å². The number of halogens is 1. The van der Waals surface area contributed by atoms with Crippen LogP contribution in [0.5, 0.6) is 5.75 Å². The lowest BCUT2D eigenvalue weighted by Crippen LogP contribution is -2.20. The largest absolute Gasteiger partial charge is 0.497 e. The number of alkyl halides is 1. The van der Waals surface area contributed by atoms with Gasteiger partial charge in [-0.1, -0.05) is 12.1 Å². The third kappa shape index (κ3) is 3.40. The van der Waals surface area contributed by atoms with Crippen molar-refractivity contribution in [1.29, 1.82) is 0 Å². The molecule has 0 aliphatic heterocycles. The van der Waals surface area contributed by atoms with Crippen LogP contribution in [-0.4, -0.2) is 32.0 Å². The van der Waals surface area contributed by atoms with Crippen molar-refractivity contribution in [1.82, 2.24) is 4.90 Å². The summed E-state index contributed by atoms with van der Waals surface area (Å²) in [7, 11) is 5.82. The van der Waals surface area contributed by atoms with Crippen LogP contribution in [0.25, 0.3) is 0 Å². The van der Waals surface area contributed by atoms with Crippen LogP contribution in [0.1, 0.15) is 18.0 Å². The molecule has 0 N–H and O–H groups in total. The molecule has 0 aromatic heterocycles. The highest BCUT2D eigenvalue weighted by Gasteiger charge is 2.12. The van der Waals surface area contributed by atoms with E-state index in [9.17, 15) is 0 Å². The van der Waals surface area contributed by atoms with Gasteiger partial charge < -0.3 is 9.64 Å². The molecule has 0 radical (unpaired) electrons. The Morgan fingerprint density at radius 3 is 2.27 bits per heavy atom. The van der Waals surface area contributed by atoms with Gasteiger partial charge in [0.25, 0.3) is 0 Å². The van der Waals surface area contributed by atoms with Gasteiger partial charge in [0.1, 0.15) is 5.75 Å². The number of benzene rings is 1. The zero-order valence-corrected chi connectivity index (χ0v) is 10.3. The smallest absolute Gasteiger partial charge is 0.118 e. The second-order valence-corrected chi connectivity index (χ2v) is 4.11. The number of methoxy groups -OCH3 is 1. The van der Waals surface area contributed by atoms with Crippen LogP contribution in [-0.2, 0) is 0 Å². The van der Waals surface area contributed by atoms with E-state index < -0.39 is 0 Å². The Morgan fingerprint density at radius 2 is 1.87 bits per heavy atom. The summed E-state index contributed by atoms with van der Waals surface area (Å²) in [6.07, 6.45) is 0.959. The van der Waals surface area contributed by atoms with Crippen LogP contribution in [0.2, 0.25) is 0 Å².